The van der Waals surface area contributed by atoms with Crippen LogP contribution in [0, 0.1) is 0 Å². The van der Waals surface area contributed by atoms with Crippen LogP contribution < -0.4 is 11.5 Å². The minimum atomic E-state index is -4.23. The third-order valence-corrected chi connectivity index (χ3v) is 1.50. The Morgan fingerprint density at radius 2 is 1.12 bits per heavy atom. The summed E-state index contributed by atoms with van der Waals surface area (Å²) in [6.45, 7) is 0. The van der Waals surface area contributed by atoms with Crippen LogP contribution in [0.5, 0.6) is 0 Å². The van der Waals surface area contributed by atoms with Gasteiger partial charge in [-0.2, -0.15) is 13.2 Å². The van der Waals surface area contributed by atoms with Gasteiger partial charge in [0.15, 0.2) is 0 Å². The molecule has 0 rings (SSSR count). The van der Waals surface area contributed by atoms with E-state index in [0.717, 1.165) is 0 Å². The van der Waals surface area contributed by atoms with Crippen molar-refractivity contribution < 1.29 is 22.8 Å². The van der Waals surface area contributed by atoms with Gasteiger partial charge >= 0.3 is 22.0 Å². The number of hydrogen-bond acceptors (Lipinski definition) is 2. The summed E-state index contributed by atoms with van der Waals surface area (Å²) in [5, 5.41) is 1.00. The molecule has 0 aliphatic carbocycles. The van der Waals surface area contributed by atoms with Crippen LogP contribution in [0.4, 0.5) is 22.8 Å². The van der Waals surface area contributed by atoms with E-state index in [1.165, 1.54) is 0 Å². The van der Waals surface area contributed by atoms with Gasteiger partial charge in [0.2, 0.25) is 0 Å². The molecule has 0 atom stereocenters. The summed E-state index contributed by atoms with van der Waals surface area (Å²) < 4.78 is 30.6. The molecule has 0 aliphatic heterocycles. The van der Waals surface area contributed by atoms with E-state index in [-0.39, 0.29) is 0 Å². The van der Waals surface area contributed by atoms with Crippen molar-refractivity contribution >= 4 is 46.9 Å². The molecular formula is C4H4Cl3F3N4O2. The first kappa shape index (κ1) is 17.6. The van der Waals surface area contributed by atoms with Crippen molar-refractivity contribution in [3.05, 3.63) is 0 Å². The van der Waals surface area contributed by atoms with E-state index >= 15 is 0 Å². The lowest BCUT2D eigenvalue weighted by Crippen LogP contribution is -2.27. The Balaban J connectivity index is 0. The summed E-state index contributed by atoms with van der Waals surface area (Å²) in [5.41, 5.74) is 8.87. The molecule has 94 valence electrons. The van der Waals surface area contributed by atoms with Crippen LogP contribution in [-0.4, -0.2) is 22.0 Å². The van der Waals surface area contributed by atoms with Crippen molar-refractivity contribution in [1.29, 1.82) is 0 Å². The highest BCUT2D eigenvalue weighted by Crippen LogP contribution is 2.42. The quantitative estimate of drug-likeness (QED) is 0.573. The third-order valence-electron chi connectivity index (χ3n) is 0.569. The molecular weight excluding hydrogens is 299 g/mol. The Labute approximate surface area is 102 Å². The molecule has 0 heterocycles. The van der Waals surface area contributed by atoms with Crippen LogP contribution in [0.1, 0.15) is 0 Å². The van der Waals surface area contributed by atoms with Crippen LogP contribution >= 0.6 is 34.8 Å². The number of halogens is 6. The zero-order valence-corrected chi connectivity index (χ0v) is 9.40. The highest BCUT2D eigenvalue weighted by atomic mass is 35.5. The highest BCUT2D eigenvalue weighted by Gasteiger charge is 2.51. The molecule has 4 N–H and O–H groups in total. The number of nitrogens with zero attached hydrogens (tertiary/aromatic N) is 2. The Kier molecular flexibility index (Phi) is 7.38. The first-order valence-electron chi connectivity index (χ1n) is 3.02. The van der Waals surface area contributed by atoms with Gasteiger partial charge in [-0.1, -0.05) is 33.4 Å². The van der Waals surface area contributed by atoms with Crippen LogP contribution in [-0.2, 0) is 0 Å². The van der Waals surface area contributed by atoms with Crippen LogP contribution in [0.3, 0.4) is 0 Å². The third kappa shape index (κ3) is 11.3. The van der Waals surface area contributed by atoms with Crippen molar-refractivity contribution in [3.8, 4) is 0 Å². The molecule has 0 saturated carbocycles. The second-order valence-electron chi connectivity index (χ2n) is 1.87. The number of alkyl halides is 6. The van der Waals surface area contributed by atoms with E-state index in [4.69, 9.17) is 0 Å². The first-order valence-corrected chi connectivity index (χ1v) is 4.15. The summed E-state index contributed by atoms with van der Waals surface area (Å²) in [5.74, 6) is 0. The molecule has 0 spiro atoms. The fourth-order valence-corrected chi connectivity index (χ4v) is 0.0986. The van der Waals surface area contributed by atoms with Crippen molar-refractivity contribution in [2.45, 2.75) is 9.97 Å². The summed E-state index contributed by atoms with van der Waals surface area (Å²) >= 11 is 12.5. The number of amides is 4. The fourth-order valence-electron chi connectivity index (χ4n) is 0.0986. The predicted molar refractivity (Wildman–Crippen MR) is 50.4 cm³/mol. The number of nitrogens with two attached hydrogens (primary N) is 2. The van der Waals surface area contributed by atoms with Gasteiger partial charge in [-0.05, 0) is 11.6 Å². The number of primary amides is 2. The number of rotatable bonds is 1. The molecule has 16 heavy (non-hydrogen) atoms. The molecule has 0 radical (unpaired) electrons. The molecule has 0 bridgehead atoms. The van der Waals surface area contributed by atoms with Crippen molar-refractivity contribution in [2.24, 2.45) is 21.7 Å². The van der Waals surface area contributed by atoms with Gasteiger partial charge in [0.1, 0.15) is 0 Å². The molecule has 0 fully saturated rings. The maximum Gasteiger partial charge on any atom is 0.383 e. The van der Waals surface area contributed by atoms with Gasteiger partial charge in [-0.25, -0.2) is 9.59 Å². The first-order chi connectivity index (χ1) is 6.88. The van der Waals surface area contributed by atoms with Gasteiger partial charge in [-0.15, -0.1) is 0 Å². The van der Waals surface area contributed by atoms with E-state index in [1.807, 2.05) is 0 Å². The second kappa shape index (κ2) is 6.71. The molecule has 0 aromatic heterocycles. The lowest BCUT2D eigenvalue weighted by molar-refractivity contribution is 0.0241. The van der Waals surface area contributed by atoms with Gasteiger partial charge in [0.25, 0.3) is 0 Å². The van der Waals surface area contributed by atoms with Crippen molar-refractivity contribution in [1.82, 2.24) is 0 Å². The smallest absolute Gasteiger partial charge is 0.348 e. The van der Waals surface area contributed by atoms with E-state index in [1.54, 1.807) is 0 Å². The van der Waals surface area contributed by atoms with E-state index in [2.05, 4.69) is 56.5 Å². The van der Waals surface area contributed by atoms with E-state index in [9.17, 15) is 22.8 Å². The van der Waals surface area contributed by atoms with Crippen LogP contribution in [0.15, 0.2) is 10.2 Å². The summed E-state index contributed by atoms with van der Waals surface area (Å²) in [6, 6.07) is -2.08. The Bertz CT molecular complexity index is 259. The molecule has 0 aromatic rings. The topological polar surface area (TPSA) is 111 Å². The normalized spacial score (nSPS) is 11.9. The Morgan fingerprint density at radius 1 is 0.938 bits per heavy atom. The maximum atomic E-state index is 11.5. The Morgan fingerprint density at radius 3 is 1.19 bits per heavy atom. The zero-order valence-electron chi connectivity index (χ0n) is 7.13. The lowest BCUT2D eigenvalue weighted by Gasteiger charge is -2.13. The average Bonchev–Trinajstić information content (AvgIpc) is 1.98. The minimum Gasteiger partial charge on any atom is -0.348 e. The fraction of sp³-hybridized carbons (Fsp3) is 0.500. The maximum absolute atomic E-state index is 11.5. The van der Waals surface area contributed by atoms with Gasteiger partial charge in [0.05, 0.1) is 0 Å². The highest BCUT2D eigenvalue weighted by molar-refractivity contribution is 6.51. The van der Waals surface area contributed by atoms with Crippen molar-refractivity contribution in [2.75, 3.05) is 0 Å². The molecule has 6 nitrogen and oxygen atoms in total. The van der Waals surface area contributed by atoms with Gasteiger partial charge < -0.3 is 11.5 Å². The average molecular weight is 303 g/mol. The largest absolute Gasteiger partial charge is 0.383 e. The standard InChI is InChI=1S/C2Cl3F3.C2H4N4O2/c3-1(4,6)2(5,7)8;3-1(7)5-6-2(4)8/h;(H2,3,7)(H2,4,8). The number of carbonyl (C=O) groups is 2. The molecule has 0 unspecified atom stereocenters. The zero-order chi connectivity index (χ0) is 13.6. The van der Waals surface area contributed by atoms with Crippen molar-refractivity contribution in [3.63, 3.8) is 0 Å². The molecule has 4 amide bonds. The second-order valence-corrected chi connectivity index (χ2v) is 3.58. The summed E-state index contributed by atoms with van der Waals surface area (Å²) in [7, 11) is 0. The minimum absolute atomic E-state index is 1.04. The number of urea groups is 2. The van der Waals surface area contributed by atoms with Gasteiger partial charge in [-0.3, -0.25) is 0 Å². The SMILES string of the molecule is FC(F)(Cl)C(F)(Cl)Cl.NC(=O)N=NC(N)=O. The molecule has 12 heteroatoms. The predicted octanol–water partition coefficient (Wildman–Crippen LogP) is 2.51. The van der Waals surface area contributed by atoms with E-state index < -0.39 is 22.0 Å². The summed E-state index contributed by atoms with van der Waals surface area (Å²) in [4.78, 5) is 19.3. The monoisotopic (exact) mass is 302 g/mol. The van der Waals surface area contributed by atoms with E-state index in [0.29, 0.717) is 0 Å². The number of azo groups is 1. The Hall–Kier alpha value is -0.800. The van der Waals surface area contributed by atoms with Crippen LogP contribution in [0.25, 0.3) is 0 Å². The number of carbonyl (C=O) groups excluding carboxylic acids is 2. The lowest BCUT2D eigenvalue weighted by atomic mass is 10.8. The molecule has 0 aromatic carbocycles. The van der Waals surface area contributed by atoms with Crippen LogP contribution in [0.2, 0.25) is 0 Å². The summed E-state index contributed by atoms with van der Waals surface area (Å²) in [6.07, 6.45) is 0. The molecule has 0 saturated heterocycles. The molecule has 0 aliphatic rings. The van der Waals surface area contributed by atoms with Gasteiger partial charge in [0, 0.05) is 0 Å². The number of hydrogen-bond donors (Lipinski definition) is 2.